The fraction of sp³-hybridized carbons (Fsp3) is 0.316. The molecule has 5 heteroatoms. The van der Waals surface area contributed by atoms with E-state index < -0.39 is 0 Å². The van der Waals surface area contributed by atoms with Crippen molar-refractivity contribution in [2.75, 3.05) is 19.6 Å². The van der Waals surface area contributed by atoms with Crippen LogP contribution in [0.2, 0.25) is 0 Å². The van der Waals surface area contributed by atoms with Gasteiger partial charge in [0, 0.05) is 11.0 Å². The van der Waals surface area contributed by atoms with Gasteiger partial charge in [0.15, 0.2) is 0 Å². The Balaban J connectivity index is 1.78. The maximum absolute atomic E-state index is 13.2. The zero-order valence-electron chi connectivity index (χ0n) is 13.3. The number of nitrogens with zero attached hydrogens (tertiary/aromatic N) is 1. The fourth-order valence-electron chi connectivity index (χ4n) is 3.05. The number of hydrogen-bond donors (Lipinski definition) is 1. The van der Waals surface area contributed by atoms with Gasteiger partial charge in [0.1, 0.15) is 5.82 Å². The van der Waals surface area contributed by atoms with E-state index in [1.807, 2.05) is 30.3 Å². The van der Waals surface area contributed by atoms with Gasteiger partial charge in [-0.2, -0.15) is 0 Å². The first-order chi connectivity index (χ1) is 11.6. The molecule has 0 spiro atoms. The lowest BCUT2D eigenvalue weighted by Gasteiger charge is -2.25. The van der Waals surface area contributed by atoms with E-state index in [2.05, 4.69) is 26.1 Å². The van der Waals surface area contributed by atoms with Crippen LogP contribution in [0.1, 0.15) is 34.8 Å². The molecule has 1 unspecified atom stereocenters. The fourth-order valence-corrected chi connectivity index (χ4v) is 3.58. The smallest absolute Gasteiger partial charge is 0.252 e. The molecule has 3 nitrogen and oxygen atoms in total. The van der Waals surface area contributed by atoms with Gasteiger partial charge in [-0.1, -0.05) is 30.3 Å². The summed E-state index contributed by atoms with van der Waals surface area (Å²) in [7, 11) is 0. The maximum atomic E-state index is 13.2. The summed E-state index contributed by atoms with van der Waals surface area (Å²) in [5, 5.41) is 3.10. The van der Waals surface area contributed by atoms with Crippen LogP contribution in [0.4, 0.5) is 4.39 Å². The van der Waals surface area contributed by atoms with Gasteiger partial charge in [-0.25, -0.2) is 4.39 Å². The Kier molecular flexibility index (Phi) is 5.63. The molecule has 0 aromatic heterocycles. The Bertz CT molecular complexity index is 702. The maximum Gasteiger partial charge on any atom is 0.252 e. The van der Waals surface area contributed by atoms with E-state index in [0.717, 1.165) is 25.2 Å². The van der Waals surface area contributed by atoms with Crippen molar-refractivity contribution in [1.82, 2.24) is 10.2 Å². The second-order valence-corrected chi connectivity index (χ2v) is 6.92. The van der Waals surface area contributed by atoms with Crippen LogP contribution in [0.25, 0.3) is 0 Å². The van der Waals surface area contributed by atoms with Gasteiger partial charge in [-0.3, -0.25) is 4.79 Å². The number of hydrogen-bond acceptors (Lipinski definition) is 2. The van der Waals surface area contributed by atoms with E-state index >= 15 is 0 Å². The lowest BCUT2D eigenvalue weighted by Crippen LogP contribution is -2.37. The molecular formula is C19H20BrFN2O. The Morgan fingerprint density at radius 3 is 2.54 bits per heavy atom. The normalized spacial score (nSPS) is 16.1. The SMILES string of the molecule is O=C(NC(CN1CCCC1)c1ccccc1)c1ccc(F)cc1Br. The molecule has 0 aliphatic carbocycles. The first kappa shape index (κ1) is 17.1. The molecule has 1 amide bonds. The second kappa shape index (κ2) is 7.90. The van der Waals surface area contributed by atoms with Crippen LogP contribution in [0.5, 0.6) is 0 Å². The molecule has 0 bridgehead atoms. The molecule has 1 atom stereocenters. The van der Waals surface area contributed by atoms with Crippen LogP contribution < -0.4 is 5.32 Å². The van der Waals surface area contributed by atoms with E-state index in [0.29, 0.717) is 10.0 Å². The van der Waals surface area contributed by atoms with Crippen molar-refractivity contribution in [3.05, 3.63) is 69.9 Å². The third-order valence-electron chi connectivity index (χ3n) is 4.32. The van der Waals surface area contributed by atoms with Crippen LogP contribution >= 0.6 is 15.9 Å². The molecular weight excluding hydrogens is 371 g/mol. The molecule has 2 aromatic rings. The number of halogens is 2. The van der Waals surface area contributed by atoms with Crippen molar-refractivity contribution in [1.29, 1.82) is 0 Å². The topological polar surface area (TPSA) is 32.3 Å². The second-order valence-electron chi connectivity index (χ2n) is 6.07. The van der Waals surface area contributed by atoms with Gasteiger partial charge in [0.05, 0.1) is 11.6 Å². The minimum Gasteiger partial charge on any atom is -0.344 e. The van der Waals surface area contributed by atoms with Crippen molar-refractivity contribution >= 4 is 21.8 Å². The summed E-state index contributed by atoms with van der Waals surface area (Å²) in [4.78, 5) is 15.0. The Hall–Kier alpha value is -1.72. The van der Waals surface area contributed by atoms with Crippen molar-refractivity contribution < 1.29 is 9.18 Å². The summed E-state index contributed by atoms with van der Waals surface area (Å²) >= 11 is 3.27. The summed E-state index contributed by atoms with van der Waals surface area (Å²) in [6.45, 7) is 2.92. The predicted octanol–water partition coefficient (Wildman–Crippen LogP) is 4.16. The van der Waals surface area contributed by atoms with Crippen LogP contribution in [0, 0.1) is 5.82 Å². The first-order valence-electron chi connectivity index (χ1n) is 8.17. The van der Waals surface area contributed by atoms with Gasteiger partial charge in [-0.15, -0.1) is 0 Å². The molecule has 1 aliphatic rings. The molecule has 3 rings (SSSR count). The Morgan fingerprint density at radius 2 is 1.88 bits per heavy atom. The van der Waals surface area contributed by atoms with E-state index in [9.17, 15) is 9.18 Å². The minimum atomic E-state index is -0.366. The number of rotatable bonds is 5. The number of benzene rings is 2. The van der Waals surface area contributed by atoms with Gasteiger partial charge < -0.3 is 10.2 Å². The standard InChI is InChI=1S/C19H20BrFN2O/c20-17-12-15(21)8-9-16(17)19(24)22-18(13-23-10-4-5-11-23)14-6-2-1-3-7-14/h1-3,6-9,12,18H,4-5,10-11,13H2,(H,22,24). The van der Waals surface area contributed by atoms with E-state index in [1.165, 1.54) is 31.0 Å². The van der Waals surface area contributed by atoms with E-state index in [-0.39, 0.29) is 17.8 Å². The average molecular weight is 391 g/mol. The summed E-state index contributed by atoms with van der Waals surface area (Å²) in [5.41, 5.74) is 1.52. The molecule has 0 radical (unpaired) electrons. The largest absolute Gasteiger partial charge is 0.344 e. The zero-order valence-corrected chi connectivity index (χ0v) is 14.9. The number of likely N-dealkylation sites (tertiary alicyclic amines) is 1. The number of amides is 1. The number of carbonyl (C=O) groups excluding carboxylic acids is 1. The van der Waals surface area contributed by atoms with Gasteiger partial charge in [-0.05, 0) is 65.6 Å². The average Bonchev–Trinajstić information content (AvgIpc) is 3.08. The predicted molar refractivity (Wildman–Crippen MR) is 96.4 cm³/mol. The summed E-state index contributed by atoms with van der Waals surface area (Å²) in [6.07, 6.45) is 2.41. The molecule has 126 valence electrons. The highest BCUT2D eigenvalue weighted by Gasteiger charge is 2.22. The summed E-state index contributed by atoms with van der Waals surface area (Å²) < 4.78 is 13.7. The molecule has 1 fully saturated rings. The monoisotopic (exact) mass is 390 g/mol. The number of carbonyl (C=O) groups is 1. The van der Waals surface area contributed by atoms with Crippen LogP contribution in [-0.4, -0.2) is 30.4 Å². The lowest BCUT2D eigenvalue weighted by molar-refractivity contribution is 0.0926. The quantitative estimate of drug-likeness (QED) is 0.831. The third kappa shape index (κ3) is 4.22. The van der Waals surface area contributed by atoms with E-state index in [4.69, 9.17) is 0 Å². The Labute approximate surface area is 150 Å². The van der Waals surface area contributed by atoms with Gasteiger partial charge in [0.2, 0.25) is 0 Å². The molecule has 1 N–H and O–H groups in total. The van der Waals surface area contributed by atoms with Gasteiger partial charge >= 0.3 is 0 Å². The summed E-state index contributed by atoms with van der Waals surface area (Å²) in [6, 6.07) is 14.0. The molecule has 2 aromatic carbocycles. The third-order valence-corrected chi connectivity index (χ3v) is 4.98. The molecule has 1 saturated heterocycles. The lowest BCUT2D eigenvalue weighted by atomic mass is 10.1. The molecule has 1 heterocycles. The Morgan fingerprint density at radius 1 is 1.17 bits per heavy atom. The van der Waals surface area contributed by atoms with Crippen LogP contribution in [-0.2, 0) is 0 Å². The van der Waals surface area contributed by atoms with Gasteiger partial charge in [0.25, 0.3) is 5.91 Å². The van der Waals surface area contributed by atoms with Crippen molar-refractivity contribution in [3.8, 4) is 0 Å². The zero-order chi connectivity index (χ0) is 16.9. The molecule has 24 heavy (non-hydrogen) atoms. The molecule has 0 saturated carbocycles. The van der Waals surface area contributed by atoms with Crippen molar-refractivity contribution in [3.63, 3.8) is 0 Å². The highest BCUT2D eigenvalue weighted by molar-refractivity contribution is 9.10. The number of nitrogens with one attached hydrogen (secondary N) is 1. The summed E-state index contributed by atoms with van der Waals surface area (Å²) in [5.74, 6) is -0.565. The van der Waals surface area contributed by atoms with Crippen LogP contribution in [0.15, 0.2) is 53.0 Å². The minimum absolute atomic E-state index is 0.0891. The highest BCUT2D eigenvalue weighted by atomic mass is 79.9. The van der Waals surface area contributed by atoms with Crippen molar-refractivity contribution in [2.45, 2.75) is 18.9 Å². The van der Waals surface area contributed by atoms with Crippen LogP contribution in [0.3, 0.4) is 0 Å². The van der Waals surface area contributed by atoms with E-state index in [1.54, 1.807) is 0 Å². The molecule has 1 aliphatic heterocycles. The first-order valence-corrected chi connectivity index (χ1v) is 8.96. The highest BCUT2D eigenvalue weighted by Crippen LogP contribution is 2.21. The van der Waals surface area contributed by atoms with Crippen molar-refractivity contribution in [2.24, 2.45) is 0 Å².